The van der Waals surface area contributed by atoms with Crippen molar-refractivity contribution in [1.82, 2.24) is 0 Å². The van der Waals surface area contributed by atoms with Gasteiger partial charge in [0.15, 0.2) is 0 Å². The molecule has 1 aromatic rings. The lowest BCUT2D eigenvalue weighted by atomic mass is 10.1. The van der Waals surface area contributed by atoms with Gasteiger partial charge in [0.1, 0.15) is 0 Å². The summed E-state index contributed by atoms with van der Waals surface area (Å²) in [4.78, 5) is 11.5. The van der Waals surface area contributed by atoms with E-state index < -0.39 is 0 Å². The van der Waals surface area contributed by atoms with Crippen LogP contribution in [0, 0.1) is 0 Å². The molecule has 0 bridgehead atoms. The maximum atomic E-state index is 11.5. The fourth-order valence-corrected chi connectivity index (χ4v) is 1.98. The number of benzene rings is 1. The second-order valence-electron chi connectivity index (χ2n) is 5.01. The number of esters is 1. The highest BCUT2D eigenvalue weighted by Gasteiger charge is 1.99. The van der Waals surface area contributed by atoms with Crippen LogP contribution in [0.25, 0.3) is 6.08 Å². The van der Waals surface area contributed by atoms with Crippen LogP contribution in [0.1, 0.15) is 57.4 Å². The van der Waals surface area contributed by atoms with E-state index in [0.717, 1.165) is 18.4 Å². The van der Waals surface area contributed by atoms with Crippen LogP contribution in [0.3, 0.4) is 0 Å². The first-order valence-electron chi connectivity index (χ1n) is 7.70. The minimum Gasteiger partial charge on any atom is -0.465 e. The quantitative estimate of drug-likeness (QED) is 0.443. The van der Waals surface area contributed by atoms with Crippen molar-refractivity contribution < 1.29 is 9.53 Å². The summed E-state index contributed by atoms with van der Waals surface area (Å²) in [5, 5.41) is 0. The number of hydrogen-bond acceptors (Lipinski definition) is 2. The van der Waals surface area contributed by atoms with E-state index in [4.69, 9.17) is 4.74 Å². The van der Waals surface area contributed by atoms with Crippen molar-refractivity contribution in [3.63, 3.8) is 0 Å². The van der Waals surface area contributed by atoms with Crippen molar-refractivity contribution in [2.75, 3.05) is 6.61 Å². The van der Waals surface area contributed by atoms with Crippen LogP contribution in [-0.4, -0.2) is 12.6 Å². The molecule has 0 aliphatic carbocycles. The van der Waals surface area contributed by atoms with Crippen molar-refractivity contribution in [3.8, 4) is 0 Å². The van der Waals surface area contributed by atoms with Gasteiger partial charge >= 0.3 is 5.97 Å². The van der Waals surface area contributed by atoms with E-state index in [1.54, 1.807) is 0 Å². The average Bonchev–Trinajstić information content (AvgIpc) is 2.47. The molecule has 0 aliphatic heterocycles. The van der Waals surface area contributed by atoms with Gasteiger partial charge in [-0.1, -0.05) is 81.5 Å². The second-order valence-corrected chi connectivity index (χ2v) is 5.01. The third-order valence-corrected chi connectivity index (χ3v) is 3.16. The highest BCUT2D eigenvalue weighted by atomic mass is 16.5. The molecule has 0 fully saturated rings. The lowest BCUT2D eigenvalue weighted by Gasteiger charge is -2.03. The Kier molecular flexibility index (Phi) is 9.29. The minimum absolute atomic E-state index is 0.134. The summed E-state index contributed by atoms with van der Waals surface area (Å²) in [6.07, 6.45) is 11.4. The third kappa shape index (κ3) is 8.52. The number of rotatable bonds is 10. The first-order valence-corrected chi connectivity index (χ1v) is 7.70. The fourth-order valence-electron chi connectivity index (χ4n) is 1.98. The molecule has 0 aromatic heterocycles. The Morgan fingerprint density at radius 3 is 2.50 bits per heavy atom. The molecule has 1 aromatic carbocycles. The van der Waals surface area contributed by atoms with Crippen molar-refractivity contribution >= 4 is 12.0 Å². The molecular weight excluding hydrogens is 248 g/mol. The Labute approximate surface area is 122 Å². The second kappa shape index (κ2) is 11.3. The van der Waals surface area contributed by atoms with Gasteiger partial charge in [0.25, 0.3) is 0 Å². The minimum atomic E-state index is -0.134. The molecule has 0 unspecified atom stereocenters. The molecule has 1 rings (SSSR count). The number of ether oxygens (including phenoxy) is 1. The zero-order chi connectivity index (χ0) is 14.5. The normalized spacial score (nSPS) is 10.8. The van der Waals surface area contributed by atoms with Crippen molar-refractivity contribution in [2.45, 2.75) is 51.9 Å². The summed E-state index contributed by atoms with van der Waals surface area (Å²) >= 11 is 0. The molecule has 0 aliphatic rings. The molecule has 0 saturated carbocycles. The molecule has 0 atom stereocenters. The van der Waals surface area contributed by atoms with Crippen LogP contribution in [0.15, 0.2) is 36.4 Å². The molecule has 0 radical (unpaired) electrons. The van der Waals surface area contributed by atoms with Crippen LogP contribution in [0.2, 0.25) is 0 Å². The Bertz CT molecular complexity index is 382. The van der Waals surface area contributed by atoms with Gasteiger partial charge in [-0.15, -0.1) is 0 Å². The van der Waals surface area contributed by atoms with Crippen LogP contribution in [0.5, 0.6) is 0 Å². The molecule has 110 valence electrons. The first kappa shape index (κ1) is 16.5. The van der Waals surface area contributed by atoms with Gasteiger partial charge < -0.3 is 4.74 Å². The van der Waals surface area contributed by atoms with E-state index >= 15 is 0 Å². The number of carbonyl (C=O) groups is 1. The van der Waals surface area contributed by atoms with Crippen molar-refractivity contribution in [1.29, 1.82) is 0 Å². The van der Waals surface area contributed by atoms with Crippen LogP contribution < -0.4 is 0 Å². The molecular formula is C18H26O2. The van der Waals surface area contributed by atoms with E-state index in [1.807, 2.05) is 42.5 Å². The number of carbonyl (C=O) groups excluding carboxylic acids is 1. The van der Waals surface area contributed by atoms with E-state index in [0.29, 0.717) is 13.0 Å². The van der Waals surface area contributed by atoms with E-state index in [2.05, 4.69) is 6.92 Å². The lowest BCUT2D eigenvalue weighted by Crippen LogP contribution is -2.04. The molecule has 2 heteroatoms. The largest absolute Gasteiger partial charge is 0.465 e. The lowest BCUT2D eigenvalue weighted by molar-refractivity contribution is -0.142. The Morgan fingerprint density at radius 2 is 1.75 bits per heavy atom. The zero-order valence-corrected chi connectivity index (χ0v) is 12.5. The fraction of sp³-hybridized carbons (Fsp3) is 0.500. The predicted molar refractivity (Wildman–Crippen MR) is 84.4 cm³/mol. The van der Waals surface area contributed by atoms with Gasteiger partial charge in [0, 0.05) is 0 Å². The molecule has 20 heavy (non-hydrogen) atoms. The van der Waals surface area contributed by atoms with E-state index in [-0.39, 0.29) is 5.97 Å². The predicted octanol–water partition coefficient (Wildman–Crippen LogP) is 4.99. The van der Waals surface area contributed by atoms with Gasteiger partial charge in [-0.2, -0.15) is 0 Å². The standard InChI is InChI=1S/C18H26O2/c1-2-3-4-5-6-10-16-20-18(19)15-11-14-17-12-8-7-9-13-17/h7-9,11-14H,2-6,10,15-16H2,1H3/b14-11+. The maximum Gasteiger partial charge on any atom is 0.309 e. The summed E-state index contributed by atoms with van der Waals surface area (Å²) in [5.74, 6) is -0.134. The highest BCUT2D eigenvalue weighted by molar-refractivity contribution is 5.72. The molecule has 0 N–H and O–H groups in total. The topological polar surface area (TPSA) is 26.3 Å². The first-order chi connectivity index (χ1) is 9.83. The van der Waals surface area contributed by atoms with Gasteiger partial charge in [-0.05, 0) is 12.0 Å². The average molecular weight is 274 g/mol. The molecule has 0 saturated heterocycles. The van der Waals surface area contributed by atoms with Crippen molar-refractivity contribution in [3.05, 3.63) is 42.0 Å². The van der Waals surface area contributed by atoms with Gasteiger partial charge in [-0.25, -0.2) is 0 Å². The van der Waals surface area contributed by atoms with E-state index in [9.17, 15) is 4.79 Å². The maximum absolute atomic E-state index is 11.5. The van der Waals surface area contributed by atoms with Gasteiger partial charge in [0.05, 0.1) is 13.0 Å². The Balaban J connectivity index is 2.02. The summed E-state index contributed by atoms with van der Waals surface area (Å²) in [6.45, 7) is 2.77. The smallest absolute Gasteiger partial charge is 0.309 e. The van der Waals surface area contributed by atoms with Crippen molar-refractivity contribution in [2.24, 2.45) is 0 Å². The molecule has 0 amide bonds. The van der Waals surface area contributed by atoms with Crippen LogP contribution in [0.4, 0.5) is 0 Å². The summed E-state index contributed by atoms with van der Waals surface area (Å²) in [5.41, 5.74) is 1.11. The van der Waals surface area contributed by atoms with Gasteiger partial charge in [-0.3, -0.25) is 4.79 Å². The molecule has 0 heterocycles. The Morgan fingerprint density at radius 1 is 1.05 bits per heavy atom. The molecule has 0 spiro atoms. The number of hydrogen-bond donors (Lipinski definition) is 0. The summed E-state index contributed by atoms with van der Waals surface area (Å²) < 4.78 is 5.20. The summed E-state index contributed by atoms with van der Waals surface area (Å²) in [6, 6.07) is 9.97. The summed E-state index contributed by atoms with van der Waals surface area (Å²) in [7, 11) is 0. The number of unbranched alkanes of at least 4 members (excludes halogenated alkanes) is 5. The van der Waals surface area contributed by atoms with E-state index in [1.165, 1.54) is 25.7 Å². The third-order valence-electron chi connectivity index (χ3n) is 3.16. The van der Waals surface area contributed by atoms with Crippen LogP contribution >= 0.6 is 0 Å². The Hall–Kier alpha value is -1.57. The zero-order valence-electron chi connectivity index (χ0n) is 12.5. The highest BCUT2D eigenvalue weighted by Crippen LogP contribution is 2.06. The van der Waals surface area contributed by atoms with Crippen LogP contribution in [-0.2, 0) is 9.53 Å². The molecule has 2 nitrogen and oxygen atoms in total. The van der Waals surface area contributed by atoms with Gasteiger partial charge in [0.2, 0.25) is 0 Å². The monoisotopic (exact) mass is 274 g/mol. The SMILES string of the molecule is CCCCCCCCOC(=O)C/C=C/c1ccccc1.